The van der Waals surface area contributed by atoms with E-state index in [1.165, 1.54) is 36.8 Å². The van der Waals surface area contributed by atoms with Gasteiger partial charge < -0.3 is 0 Å². The standard InChI is InChI=1S/C14H20/c1-3-4-5-6-7-11-14-12-9-8-10-13(14)2/h7-12H,3-6H2,1-2H3/b11-7+. The van der Waals surface area contributed by atoms with Crippen LogP contribution in [0.4, 0.5) is 0 Å². The quantitative estimate of drug-likeness (QED) is 0.593. The molecule has 0 aromatic heterocycles. The monoisotopic (exact) mass is 188 g/mol. The summed E-state index contributed by atoms with van der Waals surface area (Å²) in [7, 11) is 0. The van der Waals surface area contributed by atoms with Crippen molar-refractivity contribution in [3.05, 3.63) is 41.5 Å². The Labute approximate surface area is 87.7 Å². The molecular weight excluding hydrogens is 168 g/mol. The lowest BCUT2D eigenvalue weighted by Crippen LogP contribution is -1.78. The van der Waals surface area contributed by atoms with Crippen LogP contribution in [0.5, 0.6) is 0 Å². The van der Waals surface area contributed by atoms with Crippen LogP contribution in [-0.2, 0) is 0 Å². The van der Waals surface area contributed by atoms with Crippen LogP contribution >= 0.6 is 0 Å². The molecule has 0 unspecified atom stereocenters. The minimum Gasteiger partial charge on any atom is -0.0839 e. The Balaban J connectivity index is 2.40. The number of hydrogen-bond acceptors (Lipinski definition) is 0. The van der Waals surface area contributed by atoms with E-state index in [4.69, 9.17) is 0 Å². The van der Waals surface area contributed by atoms with Crippen molar-refractivity contribution < 1.29 is 0 Å². The van der Waals surface area contributed by atoms with Crippen molar-refractivity contribution in [1.29, 1.82) is 0 Å². The highest BCUT2D eigenvalue weighted by molar-refractivity contribution is 5.53. The second-order valence-corrected chi connectivity index (χ2v) is 3.75. The number of hydrogen-bond donors (Lipinski definition) is 0. The fourth-order valence-electron chi connectivity index (χ4n) is 1.50. The molecule has 0 aliphatic heterocycles. The fraction of sp³-hybridized carbons (Fsp3) is 0.429. The number of rotatable bonds is 5. The van der Waals surface area contributed by atoms with E-state index < -0.39 is 0 Å². The molecule has 0 aliphatic rings. The predicted molar refractivity (Wildman–Crippen MR) is 64.4 cm³/mol. The smallest absolute Gasteiger partial charge is 0.0231 e. The number of benzene rings is 1. The molecule has 0 atom stereocenters. The van der Waals surface area contributed by atoms with Crippen LogP contribution in [0.2, 0.25) is 0 Å². The Kier molecular flexibility index (Phi) is 5.06. The molecule has 0 saturated carbocycles. The topological polar surface area (TPSA) is 0 Å². The van der Waals surface area contributed by atoms with Crippen LogP contribution in [0.3, 0.4) is 0 Å². The lowest BCUT2D eigenvalue weighted by molar-refractivity contribution is 0.730. The van der Waals surface area contributed by atoms with E-state index in [1.807, 2.05) is 0 Å². The first-order chi connectivity index (χ1) is 6.84. The van der Waals surface area contributed by atoms with Crippen molar-refractivity contribution in [2.45, 2.75) is 39.5 Å². The molecule has 0 amide bonds. The van der Waals surface area contributed by atoms with Gasteiger partial charge in [0.2, 0.25) is 0 Å². The number of allylic oxidation sites excluding steroid dienone is 1. The van der Waals surface area contributed by atoms with E-state index in [0.717, 1.165) is 0 Å². The molecule has 0 saturated heterocycles. The van der Waals surface area contributed by atoms with Crippen molar-refractivity contribution in [1.82, 2.24) is 0 Å². The summed E-state index contributed by atoms with van der Waals surface area (Å²) in [6.07, 6.45) is 9.71. The van der Waals surface area contributed by atoms with E-state index in [9.17, 15) is 0 Å². The summed E-state index contributed by atoms with van der Waals surface area (Å²) >= 11 is 0. The van der Waals surface area contributed by atoms with Crippen LogP contribution in [0, 0.1) is 6.92 Å². The minimum absolute atomic E-state index is 1.21. The van der Waals surface area contributed by atoms with Gasteiger partial charge in [-0.1, -0.05) is 56.2 Å². The summed E-state index contributed by atoms with van der Waals surface area (Å²) in [5.74, 6) is 0. The van der Waals surface area contributed by atoms with Gasteiger partial charge in [-0.05, 0) is 30.9 Å². The van der Waals surface area contributed by atoms with Gasteiger partial charge in [-0.2, -0.15) is 0 Å². The van der Waals surface area contributed by atoms with Crippen molar-refractivity contribution in [2.24, 2.45) is 0 Å². The first-order valence-electron chi connectivity index (χ1n) is 5.56. The maximum absolute atomic E-state index is 2.29. The van der Waals surface area contributed by atoms with Gasteiger partial charge in [0, 0.05) is 0 Å². The predicted octanol–water partition coefficient (Wildman–Crippen LogP) is 4.59. The van der Waals surface area contributed by atoms with Gasteiger partial charge >= 0.3 is 0 Å². The maximum atomic E-state index is 2.29. The third-order valence-electron chi connectivity index (χ3n) is 2.46. The number of unbranched alkanes of at least 4 members (excludes halogenated alkanes) is 3. The zero-order valence-corrected chi connectivity index (χ0v) is 9.29. The van der Waals surface area contributed by atoms with Gasteiger partial charge in [-0.3, -0.25) is 0 Å². The zero-order valence-electron chi connectivity index (χ0n) is 9.29. The Morgan fingerprint density at radius 2 is 1.93 bits per heavy atom. The lowest BCUT2D eigenvalue weighted by atomic mass is 10.1. The Bertz CT molecular complexity index is 284. The molecular formula is C14H20. The summed E-state index contributed by atoms with van der Waals surface area (Å²) in [5, 5.41) is 0. The first-order valence-corrected chi connectivity index (χ1v) is 5.56. The van der Waals surface area contributed by atoms with Gasteiger partial charge in [0.15, 0.2) is 0 Å². The van der Waals surface area contributed by atoms with Crippen molar-refractivity contribution in [3.8, 4) is 0 Å². The largest absolute Gasteiger partial charge is 0.0839 e. The molecule has 0 N–H and O–H groups in total. The van der Waals surface area contributed by atoms with Gasteiger partial charge in [0.05, 0.1) is 0 Å². The van der Waals surface area contributed by atoms with Crippen LogP contribution in [0.1, 0.15) is 43.7 Å². The van der Waals surface area contributed by atoms with Gasteiger partial charge in [-0.25, -0.2) is 0 Å². The lowest BCUT2D eigenvalue weighted by Gasteiger charge is -1.98. The third kappa shape index (κ3) is 3.78. The summed E-state index contributed by atoms with van der Waals surface area (Å²) < 4.78 is 0. The Morgan fingerprint density at radius 3 is 2.64 bits per heavy atom. The van der Waals surface area contributed by atoms with E-state index >= 15 is 0 Å². The van der Waals surface area contributed by atoms with Gasteiger partial charge in [-0.15, -0.1) is 0 Å². The molecule has 0 heteroatoms. The average Bonchev–Trinajstić information content (AvgIpc) is 2.20. The minimum atomic E-state index is 1.21. The molecule has 14 heavy (non-hydrogen) atoms. The second kappa shape index (κ2) is 6.42. The highest BCUT2D eigenvalue weighted by Crippen LogP contribution is 2.10. The zero-order chi connectivity index (χ0) is 10.2. The van der Waals surface area contributed by atoms with Crippen molar-refractivity contribution in [2.75, 3.05) is 0 Å². The van der Waals surface area contributed by atoms with E-state index in [-0.39, 0.29) is 0 Å². The SMILES string of the molecule is CCCCC/C=C/c1ccccc1C. The van der Waals surface area contributed by atoms with Crippen molar-refractivity contribution >= 4 is 6.08 Å². The van der Waals surface area contributed by atoms with E-state index in [0.29, 0.717) is 0 Å². The van der Waals surface area contributed by atoms with E-state index in [1.54, 1.807) is 0 Å². The normalized spacial score (nSPS) is 11.0. The molecule has 1 aromatic carbocycles. The molecule has 76 valence electrons. The Hall–Kier alpha value is -1.04. The molecule has 0 radical (unpaired) electrons. The molecule has 0 fully saturated rings. The van der Waals surface area contributed by atoms with Crippen molar-refractivity contribution in [3.63, 3.8) is 0 Å². The highest BCUT2D eigenvalue weighted by atomic mass is 14.0. The van der Waals surface area contributed by atoms with Gasteiger partial charge in [0.1, 0.15) is 0 Å². The summed E-state index contributed by atoms with van der Waals surface area (Å²) in [5.41, 5.74) is 2.71. The molecule has 1 aromatic rings. The molecule has 0 nitrogen and oxygen atoms in total. The molecule has 1 rings (SSSR count). The van der Waals surface area contributed by atoms with Crippen LogP contribution in [0.25, 0.3) is 6.08 Å². The van der Waals surface area contributed by atoms with E-state index in [2.05, 4.69) is 50.3 Å². The number of aryl methyl sites for hydroxylation is 1. The molecule has 0 bridgehead atoms. The third-order valence-corrected chi connectivity index (χ3v) is 2.46. The summed E-state index contributed by atoms with van der Waals surface area (Å²) in [6.45, 7) is 4.40. The Morgan fingerprint density at radius 1 is 1.14 bits per heavy atom. The van der Waals surface area contributed by atoms with Crippen LogP contribution in [-0.4, -0.2) is 0 Å². The maximum Gasteiger partial charge on any atom is -0.0231 e. The summed E-state index contributed by atoms with van der Waals surface area (Å²) in [4.78, 5) is 0. The highest BCUT2D eigenvalue weighted by Gasteiger charge is 1.89. The second-order valence-electron chi connectivity index (χ2n) is 3.75. The first kappa shape index (κ1) is 11.0. The molecule has 0 spiro atoms. The van der Waals surface area contributed by atoms with Gasteiger partial charge in [0.25, 0.3) is 0 Å². The fourth-order valence-corrected chi connectivity index (χ4v) is 1.50. The van der Waals surface area contributed by atoms with Crippen LogP contribution in [0.15, 0.2) is 30.3 Å². The van der Waals surface area contributed by atoms with Crippen LogP contribution < -0.4 is 0 Å². The molecule has 0 heterocycles. The molecule has 0 aliphatic carbocycles. The summed E-state index contributed by atoms with van der Waals surface area (Å²) in [6, 6.07) is 8.51. The average molecular weight is 188 g/mol.